The van der Waals surface area contributed by atoms with Crippen LogP contribution in [0.1, 0.15) is 138 Å². The number of nitrogens with zero attached hydrogens (tertiary/aromatic N) is 1. The maximum atomic E-state index is 14.2. The van der Waals surface area contributed by atoms with Gasteiger partial charge in [-0.1, -0.05) is 104 Å². The van der Waals surface area contributed by atoms with Gasteiger partial charge in [0.2, 0.25) is 8.32 Å². The van der Waals surface area contributed by atoms with Gasteiger partial charge in [-0.05, 0) is 97.0 Å². The van der Waals surface area contributed by atoms with Gasteiger partial charge in [-0.15, -0.1) is 0 Å². The Balaban J connectivity index is 2.90. The Kier molecular flexibility index (Phi) is 17.9. The molecule has 9 nitrogen and oxygen atoms in total. The Morgan fingerprint density at radius 2 is 1.35 bits per heavy atom. The predicted molar refractivity (Wildman–Crippen MR) is 258 cm³/mol. The fourth-order valence-corrected chi connectivity index (χ4v) is 13.8. The lowest BCUT2D eigenvalue weighted by molar-refractivity contribution is -0.167. The summed E-state index contributed by atoms with van der Waals surface area (Å²) in [4.78, 5) is 14.2. The largest absolute Gasteiger partial charge is 0.543 e. The topological polar surface area (TPSA) is 116 Å². The lowest BCUT2D eigenvalue weighted by atomic mass is 9.73. The van der Waals surface area contributed by atoms with E-state index in [0.717, 1.165) is 29.3 Å². The molecule has 1 fully saturated rings. The number of carbonyl (C=O) groups excluding carboxylic acids is 1. The monoisotopic (exact) mass is 908 g/mol. The number of carbonyl (C=O) groups is 1. The summed E-state index contributed by atoms with van der Waals surface area (Å²) >= 11 is 0. The van der Waals surface area contributed by atoms with E-state index < -0.39 is 75.0 Å². The number of hydrogen-bond donors (Lipinski definition) is 1. The summed E-state index contributed by atoms with van der Waals surface area (Å²) in [5.74, 6) is 0.306. The van der Waals surface area contributed by atoms with Crippen molar-refractivity contribution in [3.63, 3.8) is 0 Å². The molecule has 0 bridgehead atoms. The van der Waals surface area contributed by atoms with Crippen molar-refractivity contribution in [2.45, 2.75) is 233 Å². The van der Waals surface area contributed by atoms with Gasteiger partial charge in [-0.25, -0.2) is 4.79 Å². The quantitative estimate of drug-likeness (QED) is 0.113. The number of hydrogen-bond acceptors (Lipinski definition) is 9. The molecule has 1 aliphatic heterocycles. The second kappa shape index (κ2) is 19.7. The molecule has 6 atom stereocenters. The number of aliphatic hydroxyl groups excluding tert-OH is 1. The molecule has 60 heavy (non-hydrogen) atoms. The smallest absolute Gasteiger partial charge is 0.341 e. The molecule has 0 unspecified atom stereocenters. The molecule has 1 heterocycles. The summed E-state index contributed by atoms with van der Waals surface area (Å²) in [7, 11) is -7.90. The van der Waals surface area contributed by atoms with E-state index in [0.29, 0.717) is 36.3 Å². The van der Waals surface area contributed by atoms with Crippen molar-refractivity contribution in [2.24, 2.45) is 11.3 Å². The summed E-state index contributed by atoms with van der Waals surface area (Å²) in [5.41, 5.74) is 1.53. The van der Waals surface area contributed by atoms with Crippen LogP contribution in [-0.4, -0.2) is 82.0 Å². The van der Waals surface area contributed by atoms with E-state index in [4.69, 9.17) is 27.2 Å². The van der Waals surface area contributed by atoms with Crippen molar-refractivity contribution in [3.8, 4) is 17.6 Å². The summed E-state index contributed by atoms with van der Waals surface area (Å²) < 4.78 is 40.7. The summed E-state index contributed by atoms with van der Waals surface area (Å²) in [6, 6.07) is 7.35. The van der Waals surface area contributed by atoms with Gasteiger partial charge in [0.1, 0.15) is 23.2 Å². The van der Waals surface area contributed by atoms with Gasteiger partial charge in [0, 0.05) is 30.2 Å². The third kappa shape index (κ3) is 12.4. The molecule has 13 heteroatoms. The van der Waals surface area contributed by atoms with E-state index in [2.05, 4.69) is 142 Å². The van der Waals surface area contributed by atoms with Crippen molar-refractivity contribution >= 4 is 39.2 Å². The zero-order valence-corrected chi connectivity index (χ0v) is 46.5. The van der Waals surface area contributed by atoms with E-state index >= 15 is 0 Å². The Morgan fingerprint density at radius 1 is 0.883 bits per heavy atom. The third-order valence-electron chi connectivity index (χ3n) is 15.6. The van der Waals surface area contributed by atoms with Gasteiger partial charge in [0.05, 0.1) is 37.6 Å². The van der Waals surface area contributed by atoms with Crippen LogP contribution < -0.4 is 8.85 Å². The van der Waals surface area contributed by atoms with Gasteiger partial charge in [0.15, 0.2) is 16.6 Å². The van der Waals surface area contributed by atoms with Crippen LogP contribution in [0.2, 0.25) is 72.5 Å². The fourth-order valence-electron chi connectivity index (χ4n) is 7.26. The SMILES string of the molecule is CC[Si](CC)(CC)O[C@@H]1C[C@@H](C#N)O[C@H](C[C@H](O)[C@@H](C)[C@@H](Cc2c(C)c(O[Si](C)(C)C(C)(C)C)cc(O[Si](C)(C)C(C)(C)C)c2C(=O)OC)O[Si](C)(C)C(C)(C)C)C1(C)C. The van der Waals surface area contributed by atoms with E-state index in [1.807, 2.05) is 19.9 Å². The molecular weight excluding hydrogens is 819 g/mol. The first-order valence-corrected chi connectivity index (χ1v) is 34.0. The highest BCUT2D eigenvalue weighted by atomic mass is 28.4. The van der Waals surface area contributed by atoms with E-state index in [1.54, 1.807) is 0 Å². The molecule has 1 saturated heterocycles. The second-order valence-electron chi connectivity index (χ2n) is 23.0. The molecule has 1 N–H and O–H groups in total. The molecule has 0 radical (unpaired) electrons. The average Bonchev–Trinajstić information content (AvgIpc) is 3.11. The first kappa shape index (κ1) is 54.6. The van der Waals surface area contributed by atoms with Gasteiger partial charge < -0.3 is 32.3 Å². The number of rotatable bonds is 18. The van der Waals surface area contributed by atoms with Gasteiger partial charge in [0.25, 0.3) is 8.32 Å². The summed E-state index contributed by atoms with van der Waals surface area (Å²) in [5, 5.41) is 22.3. The first-order chi connectivity index (χ1) is 27.0. The number of aliphatic hydroxyl groups is 1. The Labute approximate surface area is 371 Å². The molecular formula is C47H89NO8Si4. The Hall–Kier alpha value is -1.51. The number of methoxy groups -OCH3 is 1. The predicted octanol–water partition coefficient (Wildman–Crippen LogP) is 13.0. The lowest BCUT2D eigenvalue weighted by Gasteiger charge is -2.50. The number of benzene rings is 1. The molecule has 1 aliphatic rings. The molecule has 0 aliphatic carbocycles. The molecule has 0 spiro atoms. The highest BCUT2D eigenvalue weighted by molar-refractivity contribution is 6.75. The van der Waals surface area contributed by atoms with Crippen molar-refractivity contribution in [1.29, 1.82) is 5.26 Å². The fraction of sp³-hybridized carbons (Fsp3) is 0.830. The molecule has 0 aromatic heterocycles. The normalized spacial score (nSPS) is 21.1. The van der Waals surface area contributed by atoms with E-state index in [1.165, 1.54) is 7.11 Å². The minimum absolute atomic E-state index is 0.0788. The lowest BCUT2D eigenvalue weighted by Crippen LogP contribution is -2.56. The zero-order chi connectivity index (χ0) is 46.8. The van der Waals surface area contributed by atoms with Crippen molar-refractivity contribution < 1.29 is 37.1 Å². The van der Waals surface area contributed by atoms with Gasteiger partial charge in [-0.3, -0.25) is 0 Å². The van der Waals surface area contributed by atoms with Crippen molar-refractivity contribution in [1.82, 2.24) is 0 Å². The van der Waals surface area contributed by atoms with Gasteiger partial charge >= 0.3 is 5.97 Å². The van der Waals surface area contributed by atoms with Crippen LogP contribution in [0.3, 0.4) is 0 Å². The Morgan fingerprint density at radius 3 is 1.77 bits per heavy atom. The zero-order valence-electron chi connectivity index (χ0n) is 42.5. The van der Waals surface area contributed by atoms with Crippen LogP contribution in [-0.2, 0) is 24.7 Å². The van der Waals surface area contributed by atoms with Crippen LogP contribution in [0.25, 0.3) is 0 Å². The van der Waals surface area contributed by atoms with Crippen molar-refractivity contribution in [2.75, 3.05) is 7.11 Å². The number of esters is 1. The van der Waals surface area contributed by atoms with Gasteiger partial charge in [-0.2, -0.15) is 5.26 Å². The molecule has 1 aromatic rings. The maximum absolute atomic E-state index is 14.2. The molecule has 1 aromatic carbocycles. The minimum Gasteiger partial charge on any atom is -0.543 e. The number of nitriles is 1. The number of ether oxygens (including phenoxy) is 2. The van der Waals surface area contributed by atoms with Crippen LogP contribution in [0.15, 0.2) is 6.07 Å². The minimum atomic E-state index is -2.47. The third-order valence-corrected chi connectivity index (χ3v) is 33.4. The van der Waals surface area contributed by atoms with Crippen LogP contribution in [0, 0.1) is 29.6 Å². The maximum Gasteiger partial charge on any atom is 0.341 e. The summed E-state index contributed by atoms with van der Waals surface area (Å²) in [6.45, 7) is 48.2. The first-order valence-electron chi connectivity index (χ1n) is 22.7. The van der Waals surface area contributed by atoms with Crippen LogP contribution in [0.4, 0.5) is 0 Å². The standard InChI is InChI=1S/C47H89NO8Si4/c1-24-60(25-2,26-3)56-41-27-34(31-48)52-40(47(41,15)16)29-36(49)33(5)37(53-57(18,19)44(6,7)8)28-35-32(4)38(54-58(20,21)45(9,10)11)30-39(42(35)43(50)51-17)55-59(22,23)46(12,13)14/h30,33-34,36-37,40-41,49H,24-29H2,1-23H3/t33-,34+,36+,37-,40-,41-/m1/s1. The summed E-state index contributed by atoms with van der Waals surface area (Å²) in [6.07, 6.45) is -1.44. The highest BCUT2D eigenvalue weighted by Crippen LogP contribution is 2.47. The van der Waals surface area contributed by atoms with Crippen molar-refractivity contribution in [3.05, 3.63) is 22.8 Å². The van der Waals surface area contributed by atoms with E-state index in [9.17, 15) is 15.2 Å². The molecule has 2 rings (SSSR count). The second-order valence-corrected chi connectivity index (χ2v) is 41.9. The van der Waals surface area contributed by atoms with Crippen LogP contribution in [0.5, 0.6) is 11.5 Å². The highest BCUT2D eigenvalue weighted by Gasteiger charge is 2.50. The molecule has 0 saturated carbocycles. The molecule has 346 valence electrons. The van der Waals surface area contributed by atoms with Crippen LogP contribution >= 0.6 is 0 Å². The average molecular weight is 909 g/mol. The molecule has 0 amide bonds. The Bertz CT molecular complexity index is 1640. The van der Waals surface area contributed by atoms with E-state index in [-0.39, 0.29) is 21.2 Å².